The molecule has 4 rings (SSSR count). The Balaban J connectivity index is 1.43. The predicted octanol–water partition coefficient (Wildman–Crippen LogP) is 4.78. The van der Waals surface area contributed by atoms with Gasteiger partial charge in [-0.25, -0.2) is 0 Å². The van der Waals surface area contributed by atoms with Crippen molar-refractivity contribution in [3.8, 4) is 22.8 Å². The molecule has 0 aliphatic rings. The fourth-order valence-electron chi connectivity index (χ4n) is 3.47. The lowest BCUT2D eigenvalue weighted by Gasteiger charge is -2.11. The van der Waals surface area contributed by atoms with E-state index in [1.54, 1.807) is 7.11 Å². The van der Waals surface area contributed by atoms with Crippen molar-refractivity contribution in [2.75, 3.05) is 19.4 Å². The van der Waals surface area contributed by atoms with E-state index in [0.717, 1.165) is 29.8 Å². The molecule has 0 unspecified atom stereocenters. The second-order valence-electron chi connectivity index (χ2n) is 7.44. The standard InChI is InChI=1S/C26H26N4O2S/c1-32-23-16-8-13-21(18-23)25-28-29-26(30(25)22-14-6-3-7-15-22)33-19-24(31)27-17-9-12-20-10-4-2-5-11-20/h2-8,10-11,13-16,18H,9,12,17,19H2,1H3,(H,27,31). The van der Waals surface area contributed by atoms with Crippen LogP contribution >= 0.6 is 11.8 Å². The van der Waals surface area contributed by atoms with Crippen molar-refractivity contribution in [1.82, 2.24) is 20.1 Å². The Hall–Kier alpha value is -3.58. The van der Waals surface area contributed by atoms with Gasteiger partial charge in [0.25, 0.3) is 0 Å². The van der Waals surface area contributed by atoms with E-state index in [-0.39, 0.29) is 11.7 Å². The smallest absolute Gasteiger partial charge is 0.230 e. The average molecular weight is 459 g/mol. The minimum atomic E-state index is -0.0152. The molecule has 6 nitrogen and oxygen atoms in total. The number of methoxy groups -OCH3 is 1. The zero-order valence-corrected chi connectivity index (χ0v) is 19.3. The van der Waals surface area contributed by atoms with Gasteiger partial charge in [-0.05, 0) is 42.7 Å². The van der Waals surface area contributed by atoms with Gasteiger partial charge >= 0.3 is 0 Å². The molecule has 0 spiro atoms. The summed E-state index contributed by atoms with van der Waals surface area (Å²) in [5, 5.41) is 12.5. The van der Waals surface area contributed by atoms with Gasteiger partial charge in [0.05, 0.1) is 12.9 Å². The molecule has 0 saturated heterocycles. The number of aryl methyl sites for hydroxylation is 1. The van der Waals surface area contributed by atoms with E-state index in [1.807, 2.05) is 77.4 Å². The summed E-state index contributed by atoms with van der Waals surface area (Å²) in [4.78, 5) is 12.4. The monoisotopic (exact) mass is 458 g/mol. The van der Waals surface area contributed by atoms with Crippen LogP contribution in [0.4, 0.5) is 0 Å². The van der Waals surface area contributed by atoms with E-state index in [9.17, 15) is 4.79 Å². The molecule has 168 valence electrons. The van der Waals surface area contributed by atoms with Crippen LogP contribution in [0, 0.1) is 0 Å². The van der Waals surface area contributed by atoms with Crippen LogP contribution < -0.4 is 10.1 Å². The highest BCUT2D eigenvalue weighted by Gasteiger charge is 2.17. The number of thioether (sulfide) groups is 1. The lowest BCUT2D eigenvalue weighted by Crippen LogP contribution is -2.26. The highest BCUT2D eigenvalue weighted by molar-refractivity contribution is 7.99. The molecule has 0 bridgehead atoms. The first kappa shape index (κ1) is 22.6. The number of rotatable bonds is 10. The van der Waals surface area contributed by atoms with Gasteiger partial charge in [-0.1, -0.05) is 72.4 Å². The summed E-state index contributed by atoms with van der Waals surface area (Å²) in [6.45, 7) is 0.648. The summed E-state index contributed by atoms with van der Waals surface area (Å²) in [5.41, 5.74) is 3.11. The molecule has 0 atom stereocenters. The maximum absolute atomic E-state index is 12.4. The maximum Gasteiger partial charge on any atom is 0.230 e. The first-order valence-corrected chi connectivity index (χ1v) is 11.8. The highest BCUT2D eigenvalue weighted by Crippen LogP contribution is 2.29. The quantitative estimate of drug-likeness (QED) is 0.273. The van der Waals surface area contributed by atoms with Crippen molar-refractivity contribution in [3.63, 3.8) is 0 Å². The number of aromatic nitrogens is 3. The molecule has 1 heterocycles. The van der Waals surface area contributed by atoms with Crippen LogP contribution in [0.15, 0.2) is 90.1 Å². The van der Waals surface area contributed by atoms with Crippen molar-refractivity contribution in [1.29, 1.82) is 0 Å². The van der Waals surface area contributed by atoms with Crippen LogP contribution in [0.2, 0.25) is 0 Å². The average Bonchev–Trinajstić information content (AvgIpc) is 3.30. The van der Waals surface area contributed by atoms with Gasteiger partial charge in [0.2, 0.25) is 5.91 Å². The number of carbonyl (C=O) groups excluding carboxylic acids is 1. The van der Waals surface area contributed by atoms with Crippen LogP contribution in [0.3, 0.4) is 0 Å². The zero-order valence-electron chi connectivity index (χ0n) is 18.5. The van der Waals surface area contributed by atoms with Gasteiger partial charge in [0.15, 0.2) is 11.0 Å². The third-order valence-electron chi connectivity index (χ3n) is 5.12. The number of hydrogen-bond donors (Lipinski definition) is 1. The molecule has 4 aromatic rings. The topological polar surface area (TPSA) is 69.0 Å². The van der Waals surface area contributed by atoms with Crippen LogP contribution in [0.25, 0.3) is 17.1 Å². The Morgan fingerprint density at radius 3 is 2.48 bits per heavy atom. The van der Waals surface area contributed by atoms with Crippen molar-refractivity contribution in [2.24, 2.45) is 0 Å². The summed E-state index contributed by atoms with van der Waals surface area (Å²) >= 11 is 1.38. The first-order chi connectivity index (χ1) is 16.2. The molecular formula is C26H26N4O2S. The number of carbonyl (C=O) groups is 1. The Morgan fingerprint density at radius 1 is 0.970 bits per heavy atom. The van der Waals surface area contributed by atoms with Crippen molar-refractivity contribution in [2.45, 2.75) is 18.0 Å². The van der Waals surface area contributed by atoms with Crippen molar-refractivity contribution < 1.29 is 9.53 Å². The molecule has 33 heavy (non-hydrogen) atoms. The molecule has 3 aromatic carbocycles. The Labute approximate surface area is 198 Å². The maximum atomic E-state index is 12.4. The normalized spacial score (nSPS) is 10.7. The molecule has 1 aromatic heterocycles. The fourth-order valence-corrected chi connectivity index (χ4v) is 4.25. The number of nitrogens with one attached hydrogen (secondary N) is 1. The lowest BCUT2D eigenvalue weighted by molar-refractivity contribution is -0.118. The zero-order chi connectivity index (χ0) is 22.9. The summed E-state index contributed by atoms with van der Waals surface area (Å²) < 4.78 is 7.34. The molecule has 0 radical (unpaired) electrons. The lowest BCUT2D eigenvalue weighted by atomic mass is 10.1. The van der Waals surface area contributed by atoms with Gasteiger partial charge in [-0.2, -0.15) is 0 Å². The first-order valence-electron chi connectivity index (χ1n) is 10.8. The number of hydrogen-bond acceptors (Lipinski definition) is 5. The summed E-state index contributed by atoms with van der Waals surface area (Å²) in [5.74, 6) is 1.71. The minimum absolute atomic E-state index is 0.0152. The number of nitrogens with zero attached hydrogens (tertiary/aromatic N) is 3. The van der Waals surface area contributed by atoms with Gasteiger partial charge in [0.1, 0.15) is 5.75 Å². The fraction of sp³-hybridized carbons (Fsp3) is 0.192. The molecular weight excluding hydrogens is 432 g/mol. The molecule has 0 saturated carbocycles. The Kier molecular flexibility index (Phi) is 7.76. The molecule has 0 aliphatic carbocycles. The Bertz CT molecular complexity index is 1180. The molecule has 1 amide bonds. The minimum Gasteiger partial charge on any atom is -0.497 e. The largest absolute Gasteiger partial charge is 0.497 e. The number of amides is 1. The van der Waals surface area contributed by atoms with E-state index in [4.69, 9.17) is 4.74 Å². The van der Waals surface area contributed by atoms with Gasteiger partial charge < -0.3 is 10.1 Å². The molecule has 0 fully saturated rings. The van der Waals surface area contributed by atoms with E-state index in [1.165, 1.54) is 17.3 Å². The van der Waals surface area contributed by atoms with E-state index in [2.05, 4.69) is 27.6 Å². The van der Waals surface area contributed by atoms with E-state index in [0.29, 0.717) is 17.5 Å². The van der Waals surface area contributed by atoms with Gasteiger partial charge in [0, 0.05) is 17.8 Å². The van der Waals surface area contributed by atoms with E-state index < -0.39 is 0 Å². The summed E-state index contributed by atoms with van der Waals surface area (Å²) in [7, 11) is 1.64. The highest BCUT2D eigenvalue weighted by atomic mass is 32.2. The third kappa shape index (κ3) is 6.02. The summed E-state index contributed by atoms with van der Waals surface area (Å²) in [6.07, 6.45) is 1.85. The second-order valence-corrected chi connectivity index (χ2v) is 8.38. The number of ether oxygens (including phenoxy) is 1. The third-order valence-corrected chi connectivity index (χ3v) is 6.04. The van der Waals surface area contributed by atoms with Crippen LogP contribution in [-0.4, -0.2) is 40.1 Å². The number of benzene rings is 3. The summed E-state index contributed by atoms with van der Waals surface area (Å²) in [6, 6.07) is 27.9. The van der Waals surface area contributed by atoms with Crippen molar-refractivity contribution >= 4 is 17.7 Å². The SMILES string of the molecule is COc1cccc(-c2nnc(SCC(=O)NCCCc3ccccc3)n2-c2ccccc2)c1. The second kappa shape index (κ2) is 11.3. The van der Waals surface area contributed by atoms with E-state index >= 15 is 0 Å². The molecule has 0 aliphatic heterocycles. The molecule has 7 heteroatoms. The van der Waals surface area contributed by atoms with Crippen LogP contribution in [0.1, 0.15) is 12.0 Å². The predicted molar refractivity (Wildman–Crippen MR) is 132 cm³/mol. The van der Waals surface area contributed by atoms with Crippen molar-refractivity contribution in [3.05, 3.63) is 90.5 Å². The Morgan fingerprint density at radius 2 is 1.73 bits per heavy atom. The van der Waals surface area contributed by atoms with Crippen LogP contribution in [0.5, 0.6) is 5.75 Å². The number of para-hydroxylation sites is 1. The van der Waals surface area contributed by atoms with Crippen LogP contribution in [-0.2, 0) is 11.2 Å². The van der Waals surface area contributed by atoms with Gasteiger partial charge in [-0.3, -0.25) is 9.36 Å². The van der Waals surface area contributed by atoms with Gasteiger partial charge in [-0.15, -0.1) is 10.2 Å². The molecule has 1 N–H and O–H groups in total.